The number of aryl methyl sites for hydroxylation is 1. The molecule has 0 atom stereocenters. The zero-order valence-electron chi connectivity index (χ0n) is 9.89. The third-order valence-electron chi connectivity index (χ3n) is 2.34. The van der Waals surface area contributed by atoms with E-state index in [1.807, 2.05) is 0 Å². The highest BCUT2D eigenvalue weighted by atomic mass is 32.2. The number of aromatic nitrogens is 1. The topological polar surface area (TPSA) is 59.1 Å². The van der Waals surface area contributed by atoms with Gasteiger partial charge < -0.3 is 0 Å². The Bertz CT molecular complexity index is 717. The quantitative estimate of drug-likeness (QED) is 0.942. The van der Waals surface area contributed by atoms with E-state index in [1.165, 1.54) is 12.3 Å². The molecule has 2 rings (SSSR count). The Morgan fingerprint density at radius 1 is 1.16 bits per heavy atom. The lowest BCUT2D eigenvalue weighted by Crippen LogP contribution is -2.15. The highest BCUT2D eigenvalue weighted by Crippen LogP contribution is 2.19. The largest absolute Gasteiger partial charge is 0.266 e. The summed E-state index contributed by atoms with van der Waals surface area (Å²) < 4.78 is 52.4. The molecule has 0 aliphatic heterocycles. The highest BCUT2D eigenvalue weighted by Gasteiger charge is 2.20. The van der Waals surface area contributed by atoms with Gasteiger partial charge in [0.2, 0.25) is 0 Å². The number of pyridine rings is 1. The average Bonchev–Trinajstić information content (AvgIpc) is 2.31. The lowest BCUT2D eigenvalue weighted by atomic mass is 10.3. The van der Waals surface area contributed by atoms with E-state index in [9.17, 15) is 17.2 Å². The van der Waals surface area contributed by atoms with Gasteiger partial charge in [-0.15, -0.1) is 0 Å². The summed E-state index contributed by atoms with van der Waals surface area (Å²) in [5.41, 5.74) is 0.785. The summed E-state index contributed by atoms with van der Waals surface area (Å²) in [5, 5.41) is 0. The van der Waals surface area contributed by atoms with Crippen LogP contribution in [0.2, 0.25) is 0 Å². The molecule has 0 bridgehead atoms. The van der Waals surface area contributed by atoms with Crippen LogP contribution in [0.1, 0.15) is 5.56 Å². The summed E-state index contributed by atoms with van der Waals surface area (Å²) in [6, 6.07) is 5.38. The maximum Gasteiger partial charge on any atom is 0.266 e. The van der Waals surface area contributed by atoms with Gasteiger partial charge in [0.25, 0.3) is 10.0 Å². The van der Waals surface area contributed by atoms with E-state index < -0.39 is 26.6 Å². The maximum absolute atomic E-state index is 13.4. The van der Waals surface area contributed by atoms with Gasteiger partial charge in [0, 0.05) is 6.20 Å². The molecule has 7 heteroatoms. The number of nitrogens with one attached hydrogen (secondary N) is 1. The second-order valence-corrected chi connectivity index (χ2v) is 5.55. The van der Waals surface area contributed by atoms with Gasteiger partial charge in [0.15, 0.2) is 0 Å². The molecule has 0 saturated heterocycles. The van der Waals surface area contributed by atoms with Gasteiger partial charge in [-0.2, -0.15) is 0 Å². The zero-order chi connectivity index (χ0) is 14.0. The Kier molecular flexibility index (Phi) is 3.48. The van der Waals surface area contributed by atoms with Crippen LogP contribution in [0.4, 0.5) is 14.6 Å². The molecule has 1 N–H and O–H groups in total. The molecule has 0 aliphatic carbocycles. The molecule has 0 saturated carbocycles. The SMILES string of the molecule is Cc1ccnc(NS(=O)(=O)c2cc(F)ccc2F)c1. The van der Waals surface area contributed by atoms with E-state index in [2.05, 4.69) is 9.71 Å². The van der Waals surface area contributed by atoms with Gasteiger partial charge in [-0.1, -0.05) is 0 Å². The molecule has 0 aliphatic rings. The van der Waals surface area contributed by atoms with Crippen LogP contribution < -0.4 is 4.72 Å². The van der Waals surface area contributed by atoms with Crippen LogP contribution in [0, 0.1) is 18.6 Å². The number of benzene rings is 1. The van der Waals surface area contributed by atoms with Crippen molar-refractivity contribution < 1.29 is 17.2 Å². The molecule has 0 amide bonds. The molecule has 2 aromatic rings. The number of hydrogen-bond acceptors (Lipinski definition) is 3. The summed E-state index contributed by atoms with van der Waals surface area (Å²) in [6.45, 7) is 1.75. The summed E-state index contributed by atoms with van der Waals surface area (Å²) in [5.74, 6) is -1.82. The van der Waals surface area contributed by atoms with Crippen LogP contribution in [0.3, 0.4) is 0 Å². The van der Waals surface area contributed by atoms with Crippen LogP contribution in [-0.2, 0) is 10.0 Å². The fourth-order valence-electron chi connectivity index (χ4n) is 1.47. The fourth-order valence-corrected chi connectivity index (χ4v) is 2.56. The number of halogens is 2. The van der Waals surface area contributed by atoms with Crippen LogP contribution in [-0.4, -0.2) is 13.4 Å². The fraction of sp³-hybridized carbons (Fsp3) is 0.0833. The number of hydrogen-bond donors (Lipinski definition) is 1. The lowest BCUT2D eigenvalue weighted by Gasteiger charge is -2.08. The van der Waals surface area contributed by atoms with Crippen molar-refractivity contribution in [1.82, 2.24) is 4.98 Å². The zero-order valence-corrected chi connectivity index (χ0v) is 10.7. The van der Waals surface area contributed by atoms with E-state index >= 15 is 0 Å². The minimum Gasteiger partial charge on any atom is -0.263 e. The van der Waals surface area contributed by atoms with Crippen molar-refractivity contribution in [2.45, 2.75) is 11.8 Å². The van der Waals surface area contributed by atoms with Crippen LogP contribution in [0.5, 0.6) is 0 Å². The van der Waals surface area contributed by atoms with Gasteiger partial charge in [-0.3, -0.25) is 4.72 Å². The first-order valence-electron chi connectivity index (χ1n) is 5.29. The van der Waals surface area contributed by atoms with Crippen molar-refractivity contribution in [2.75, 3.05) is 4.72 Å². The predicted molar refractivity (Wildman–Crippen MR) is 66.1 cm³/mol. The van der Waals surface area contributed by atoms with E-state index in [0.29, 0.717) is 6.07 Å². The highest BCUT2D eigenvalue weighted by molar-refractivity contribution is 7.92. The molecular weight excluding hydrogens is 274 g/mol. The molecule has 1 aromatic heterocycles. The van der Waals surface area contributed by atoms with Crippen molar-refractivity contribution in [3.8, 4) is 0 Å². The normalized spacial score (nSPS) is 11.3. The first-order valence-corrected chi connectivity index (χ1v) is 6.77. The minimum atomic E-state index is -4.21. The van der Waals surface area contributed by atoms with Gasteiger partial charge >= 0.3 is 0 Å². The third kappa shape index (κ3) is 3.05. The second kappa shape index (κ2) is 4.93. The smallest absolute Gasteiger partial charge is 0.263 e. The Labute approximate surface area is 109 Å². The summed E-state index contributed by atoms with van der Waals surface area (Å²) in [7, 11) is -4.21. The first-order chi connectivity index (χ1) is 8.88. The summed E-state index contributed by atoms with van der Waals surface area (Å²) in [4.78, 5) is 3.04. The number of sulfonamides is 1. The van der Waals surface area contributed by atoms with Crippen molar-refractivity contribution >= 4 is 15.8 Å². The van der Waals surface area contributed by atoms with E-state index in [4.69, 9.17) is 0 Å². The monoisotopic (exact) mass is 284 g/mol. The minimum absolute atomic E-state index is 0.0451. The van der Waals surface area contributed by atoms with E-state index in [0.717, 1.165) is 17.7 Å². The van der Waals surface area contributed by atoms with Crippen LogP contribution >= 0.6 is 0 Å². The Hall–Kier alpha value is -2.02. The Morgan fingerprint density at radius 2 is 1.89 bits per heavy atom. The third-order valence-corrected chi connectivity index (χ3v) is 3.71. The van der Waals surface area contributed by atoms with Crippen LogP contribution in [0.15, 0.2) is 41.4 Å². The number of nitrogens with zero attached hydrogens (tertiary/aromatic N) is 1. The first kappa shape index (κ1) is 13.4. The van der Waals surface area contributed by atoms with Gasteiger partial charge in [-0.05, 0) is 42.8 Å². The molecule has 0 unspecified atom stereocenters. The van der Waals surface area contributed by atoms with Crippen molar-refractivity contribution in [1.29, 1.82) is 0 Å². The molecule has 4 nitrogen and oxygen atoms in total. The molecule has 0 radical (unpaired) electrons. The number of anilines is 1. The standard InChI is InChI=1S/C12H10F2N2O2S/c1-8-4-5-15-12(6-8)16-19(17,18)11-7-9(13)2-3-10(11)14/h2-7H,1H3,(H,15,16). The molecular formula is C12H10F2N2O2S. The lowest BCUT2D eigenvalue weighted by molar-refractivity contribution is 0.555. The average molecular weight is 284 g/mol. The molecule has 100 valence electrons. The van der Waals surface area contributed by atoms with Gasteiger partial charge in [0.05, 0.1) is 0 Å². The van der Waals surface area contributed by atoms with E-state index in [-0.39, 0.29) is 5.82 Å². The summed E-state index contributed by atoms with van der Waals surface area (Å²) >= 11 is 0. The molecule has 19 heavy (non-hydrogen) atoms. The molecule has 0 spiro atoms. The molecule has 1 heterocycles. The van der Waals surface area contributed by atoms with Gasteiger partial charge in [0.1, 0.15) is 22.3 Å². The number of rotatable bonds is 3. The Morgan fingerprint density at radius 3 is 2.58 bits per heavy atom. The van der Waals surface area contributed by atoms with Crippen molar-refractivity contribution in [3.05, 3.63) is 53.7 Å². The second-order valence-electron chi connectivity index (χ2n) is 3.90. The summed E-state index contributed by atoms with van der Waals surface area (Å²) in [6.07, 6.45) is 1.41. The van der Waals surface area contributed by atoms with Crippen LogP contribution in [0.25, 0.3) is 0 Å². The van der Waals surface area contributed by atoms with Crippen molar-refractivity contribution in [2.24, 2.45) is 0 Å². The van der Waals surface area contributed by atoms with E-state index in [1.54, 1.807) is 13.0 Å². The molecule has 1 aromatic carbocycles. The van der Waals surface area contributed by atoms with Crippen molar-refractivity contribution in [3.63, 3.8) is 0 Å². The van der Waals surface area contributed by atoms with Gasteiger partial charge in [-0.25, -0.2) is 22.2 Å². The predicted octanol–water partition coefficient (Wildman–Crippen LogP) is 2.47. The maximum atomic E-state index is 13.4. The molecule has 0 fully saturated rings. The Balaban J connectivity index is 2.40.